The van der Waals surface area contributed by atoms with Gasteiger partial charge >= 0.3 is 0 Å². The lowest BCUT2D eigenvalue weighted by Gasteiger charge is -2.04. The fourth-order valence-electron chi connectivity index (χ4n) is 3.70. The van der Waals surface area contributed by atoms with Crippen LogP contribution in [0.25, 0.3) is 0 Å². The van der Waals surface area contributed by atoms with Crippen LogP contribution in [0, 0.1) is 12.0 Å². The van der Waals surface area contributed by atoms with E-state index in [1.54, 1.807) is 0 Å². The molecule has 26 heavy (non-hydrogen) atoms. The van der Waals surface area contributed by atoms with Crippen LogP contribution < -0.4 is 5.73 Å². The van der Waals surface area contributed by atoms with E-state index in [1.807, 2.05) is 6.04 Å². The van der Waals surface area contributed by atoms with Gasteiger partial charge in [0.05, 0.1) is 6.04 Å². The van der Waals surface area contributed by atoms with Crippen LogP contribution in [0.3, 0.4) is 0 Å². The van der Waals surface area contributed by atoms with E-state index in [4.69, 9.17) is 5.73 Å². The summed E-state index contributed by atoms with van der Waals surface area (Å²) in [6.45, 7) is 2.29. The van der Waals surface area contributed by atoms with Crippen LogP contribution in [0.2, 0.25) is 0 Å². The predicted octanol–water partition coefficient (Wildman–Crippen LogP) is 8.62. The summed E-state index contributed by atoms with van der Waals surface area (Å²) in [5.41, 5.74) is 8.37. The molecule has 1 nitrogen and oxygen atoms in total. The van der Waals surface area contributed by atoms with Crippen LogP contribution in [-0.4, -0.2) is 0 Å². The Morgan fingerprint density at radius 1 is 0.423 bits per heavy atom. The first-order valence-electron chi connectivity index (χ1n) is 12.0. The minimum Gasteiger partial charge on any atom is -0.0878 e. The van der Waals surface area contributed by atoms with Gasteiger partial charge in [-0.2, -0.15) is 0 Å². The molecule has 0 aromatic heterocycles. The number of unbranched alkanes of at least 4 members (excludes halogenated alkanes) is 21. The molecule has 0 rings (SSSR count). The highest BCUT2D eigenvalue weighted by Crippen LogP contribution is 2.15. The minimum absolute atomic E-state index is 0.857. The van der Waals surface area contributed by atoms with Crippen LogP contribution in [0.15, 0.2) is 0 Å². The highest BCUT2D eigenvalue weighted by atomic mass is 14.4. The molecular formula is C25H47N. The second-order valence-electron chi connectivity index (χ2n) is 8.11. The van der Waals surface area contributed by atoms with Crippen LogP contribution in [0.1, 0.15) is 148 Å². The van der Waals surface area contributed by atoms with Crippen molar-refractivity contribution in [1.29, 1.82) is 0 Å². The maximum Gasteiger partial charge on any atom is 0.0584 e. The molecule has 0 aliphatic rings. The molecule has 0 unspecified atom stereocenters. The van der Waals surface area contributed by atoms with E-state index in [-0.39, 0.29) is 0 Å². The van der Waals surface area contributed by atoms with Gasteiger partial charge in [0.15, 0.2) is 0 Å². The van der Waals surface area contributed by atoms with E-state index in [0.717, 1.165) is 12.8 Å². The van der Waals surface area contributed by atoms with Crippen molar-refractivity contribution in [3.8, 4) is 12.0 Å². The fourth-order valence-corrected chi connectivity index (χ4v) is 3.70. The molecule has 0 aliphatic heterocycles. The first kappa shape index (κ1) is 25.4. The molecule has 0 aromatic carbocycles. The van der Waals surface area contributed by atoms with Gasteiger partial charge in [0.25, 0.3) is 0 Å². The summed E-state index contributed by atoms with van der Waals surface area (Å²) in [5.74, 6) is 2.71. The third-order valence-corrected chi connectivity index (χ3v) is 5.48. The summed E-state index contributed by atoms with van der Waals surface area (Å²) in [5, 5.41) is 0. The first-order valence-corrected chi connectivity index (χ1v) is 12.0. The molecule has 0 bridgehead atoms. The monoisotopic (exact) mass is 361 g/mol. The summed E-state index contributed by atoms with van der Waals surface area (Å²) in [7, 11) is 0. The molecule has 152 valence electrons. The Hall–Kier alpha value is -0.640. The summed E-state index contributed by atoms with van der Waals surface area (Å²) in [4.78, 5) is 0. The summed E-state index contributed by atoms with van der Waals surface area (Å²) >= 11 is 0. The van der Waals surface area contributed by atoms with E-state index in [2.05, 4.69) is 12.8 Å². The SMILES string of the molecule is CCCCCCCCCCCCCCCCCCCCCCCC#C[N]. The molecule has 0 aliphatic carbocycles. The lowest BCUT2D eigenvalue weighted by Crippen LogP contribution is -1.84. The number of hydrogen-bond acceptors (Lipinski definition) is 0. The zero-order valence-electron chi connectivity index (χ0n) is 18.0. The molecule has 0 heterocycles. The van der Waals surface area contributed by atoms with Gasteiger partial charge in [-0.05, 0) is 6.42 Å². The standard InChI is InChI=1S/C25H47N/c1-2-3-4-5-6-7-8-9-10-11-12-13-14-15-16-17-18-19-20-21-22-23-24-25-26/h2-23H2,1H3. The molecule has 0 saturated carbocycles. The molecular weight excluding hydrogens is 314 g/mol. The Balaban J connectivity index is 2.97. The Labute approximate surface area is 166 Å². The maximum absolute atomic E-state index is 8.37. The normalized spacial score (nSPS) is 10.7. The van der Waals surface area contributed by atoms with Crippen LogP contribution in [-0.2, 0) is 0 Å². The summed E-state index contributed by atoms with van der Waals surface area (Å²) in [6, 6.07) is 1.98. The number of rotatable bonds is 21. The highest BCUT2D eigenvalue weighted by Gasteiger charge is 1.95. The average molecular weight is 362 g/mol. The Morgan fingerprint density at radius 2 is 0.692 bits per heavy atom. The Bertz CT molecular complexity index is 299. The fraction of sp³-hybridized carbons (Fsp3) is 0.920. The average Bonchev–Trinajstić information content (AvgIpc) is 2.66. The van der Waals surface area contributed by atoms with E-state index in [9.17, 15) is 0 Å². The van der Waals surface area contributed by atoms with Gasteiger partial charge in [-0.25, -0.2) is 0 Å². The molecule has 0 amide bonds. The Kier molecular flexibility index (Phi) is 23.8. The molecule has 0 spiro atoms. The number of hydrogen-bond donors (Lipinski definition) is 0. The molecule has 2 radical (unpaired) electrons. The van der Waals surface area contributed by atoms with Crippen LogP contribution in [0.5, 0.6) is 0 Å². The lowest BCUT2D eigenvalue weighted by atomic mass is 10.0. The van der Waals surface area contributed by atoms with Crippen molar-refractivity contribution in [2.75, 3.05) is 0 Å². The van der Waals surface area contributed by atoms with E-state index < -0.39 is 0 Å². The van der Waals surface area contributed by atoms with Gasteiger partial charge in [-0.15, -0.1) is 0 Å². The minimum atomic E-state index is 0.857. The van der Waals surface area contributed by atoms with Gasteiger partial charge in [0, 0.05) is 6.42 Å². The van der Waals surface area contributed by atoms with Crippen LogP contribution in [0.4, 0.5) is 0 Å². The molecule has 0 N–H and O–H groups in total. The van der Waals surface area contributed by atoms with Crippen molar-refractivity contribution in [3.63, 3.8) is 0 Å². The molecule has 1 heteroatoms. The topological polar surface area (TPSA) is 22.3 Å². The van der Waals surface area contributed by atoms with Gasteiger partial charge in [-0.1, -0.05) is 147 Å². The number of nitrogens with zero attached hydrogens (tertiary/aromatic N) is 1. The van der Waals surface area contributed by atoms with E-state index in [1.165, 1.54) is 128 Å². The van der Waals surface area contributed by atoms with E-state index >= 15 is 0 Å². The van der Waals surface area contributed by atoms with Gasteiger partial charge in [0.2, 0.25) is 0 Å². The largest absolute Gasteiger partial charge is 0.0878 e. The Morgan fingerprint density at radius 3 is 0.962 bits per heavy atom. The van der Waals surface area contributed by atoms with Gasteiger partial charge in [0.1, 0.15) is 0 Å². The second-order valence-corrected chi connectivity index (χ2v) is 8.11. The van der Waals surface area contributed by atoms with Gasteiger partial charge < -0.3 is 0 Å². The molecule has 0 fully saturated rings. The van der Waals surface area contributed by atoms with Crippen molar-refractivity contribution in [1.82, 2.24) is 5.73 Å². The molecule has 0 aromatic rings. The quantitative estimate of drug-likeness (QED) is 0.144. The zero-order chi connectivity index (χ0) is 19.0. The highest BCUT2D eigenvalue weighted by molar-refractivity contribution is 4.92. The van der Waals surface area contributed by atoms with Crippen molar-refractivity contribution in [2.24, 2.45) is 0 Å². The van der Waals surface area contributed by atoms with Crippen LogP contribution >= 0.6 is 0 Å². The summed E-state index contributed by atoms with van der Waals surface area (Å²) < 4.78 is 0. The maximum atomic E-state index is 8.37. The predicted molar refractivity (Wildman–Crippen MR) is 117 cm³/mol. The smallest absolute Gasteiger partial charge is 0.0584 e. The molecule has 0 atom stereocenters. The second kappa shape index (κ2) is 24.4. The summed E-state index contributed by atoms with van der Waals surface area (Å²) in [6.07, 6.45) is 30.6. The third-order valence-electron chi connectivity index (χ3n) is 5.48. The third kappa shape index (κ3) is 23.4. The molecule has 0 saturated heterocycles. The van der Waals surface area contributed by atoms with Crippen molar-refractivity contribution >= 4 is 0 Å². The lowest BCUT2D eigenvalue weighted by molar-refractivity contribution is 0.520. The van der Waals surface area contributed by atoms with E-state index in [0.29, 0.717) is 0 Å². The van der Waals surface area contributed by atoms with Gasteiger partial charge in [-0.3, -0.25) is 0 Å². The van der Waals surface area contributed by atoms with Crippen molar-refractivity contribution < 1.29 is 0 Å². The van der Waals surface area contributed by atoms with Crippen molar-refractivity contribution in [2.45, 2.75) is 148 Å². The zero-order valence-corrected chi connectivity index (χ0v) is 18.0. The first-order chi connectivity index (χ1) is 12.9. The van der Waals surface area contributed by atoms with Crippen molar-refractivity contribution in [3.05, 3.63) is 0 Å².